The molecule has 0 saturated carbocycles. The molecule has 16 heteroatoms. The van der Waals surface area contributed by atoms with Gasteiger partial charge in [0.1, 0.15) is 24.6 Å². The predicted octanol–water partition coefficient (Wildman–Crippen LogP) is 15.5. The Bertz CT molecular complexity index is 2810. The van der Waals surface area contributed by atoms with Gasteiger partial charge in [0.2, 0.25) is 0 Å². The van der Waals surface area contributed by atoms with Gasteiger partial charge in [-0.25, -0.2) is 0 Å². The molecule has 1 aliphatic heterocycles. The first-order valence-corrected chi connectivity index (χ1v) is 25.0. The second-order valence-electron chi connectivity index (χ2n) is 22.9. The lowest BCUT2D eigenvalue weighted by molar-refractivity contribution is -0.963. The number of alkyl halides is 12. The number of nitrogens with zero attached hydrogens (tertiary/aromatic N) is 1. The van der Waals surface area contributed by atoms with Crippen molar-refractivity contribution in [1.29, 1.82) is 0 Å². The van der Waals surface area contributed by atoms with Crippen molar-refractivity contribution in [3.63, 3.8) is 0 Å². The van der Waals surface area contributed by atoms with Crippen LogP contribution in [-0.4, -0.2) is 31.8 Å². The fraction of sp³-hybridized carbons (Fsp3) is 0.410. The summed E-state index contributed by atoms with van der Waals surface area (Å²) in [5.41, 5.74) is -5.80. The van der Waals surface area contributed by atoms with Gasteiger partial charge in [-0.2, -0.15) is 52.7 Å². The first-order chi connectivity index (χ1) is 35.0. The number of hydrogen-bond acceptors (Lipinski definition) is 2. The molecule has 1 heterocycles. The average molecular weight is 1150 g/mol. The van der Waals surface area contributed by atoms with Crippen LogP contribution in [-0.2, 0) is 61.5 Å². The third-order valence-electron chi connectivity index (χ3n) is 15.5. The van der Waals surface area contributed by atoms with Crippen molar-refractivity contribution in [2.75, 3.05) is 21.3 Å². The van der Waals surface area contributed by atoms with E-state index in [4.69, 9.17) is 9.47 Å². The molecule has 0 aliphatic carbocycles. The van der Waals surface area contributed by atoms with Gasteiger partial charge in [-0.05, 0) is 125 Å². The molecule has 77 heavy (non-hydrogen) atoms. The van der Waals surface area contributed by atoms with Crippen molar-refractivity contribution in [3.05, 3.63) is 165 Å². The quantitative estimate of drug-likeness (QED) is 0.0898. The topological polar surface area (TPSA) is 18.5 Å². The Hall–Kier alpha value is -5.48. The molecule has 3 nitrogen and oxygen atoms in total. The van der Waals surface area contributed by atoms with E-state index in [1.165, 1.54) is 14.2 Å². The number of aryl methyl sites for hydroxylation is 2. The van der Waals surface area contributed by atoms with Crippen LogP contribution >= 0.6 is 0 Å². The van der Waals surface area contributed by atoms with E-state index in [1.807, 2.05) is 74.6 Å². The van der Waals surface area contributed by atoms with E-state index in [2.05, 4.69) is 6.92 Å². The normalized spacial score (nSPS) is 14.7. The smallest absolute Gasteiger partial charge is 0.416 e. The maximum Gasteiger partial charge on any atom is 0.416 e. The molecule has 6 aromatic carbocycles. The fourth-order valence-electron chi connectivity index (χ4n) is 11.1. The molecule has 1 atom stereocenters. The third kappa shape index (κ3) is 12.8. The van der Waals surface area contributed by atoms with Crippen LogP contribution in [0.1, 0.15) is 124 Å². The van der Waals surface area contributed by atoms with Crippen LogP contribution in [0.4, 0.5) is 52.7 Å². The molecule has 0 unspecified atom stereocenters. The first kappa shape index (κ1) is 60.7. The molecule has 1 aliphatic rings. The molecule has 0 bridgehead atoms. The molecular weight excluding hydrogens is 1090 g/mol. The van der Waals surface area contributed by atoms with Crippen LogP contribution in [0.2, 0.25) is 0 Å². The predicted molar refractivity (Wildman–Crippen MR) is 274 cm³/mol. The van der Waals surface area contributed by atoms with Gasteiger partial charge in [0, 0.05) is 38.8 Å². The number of halogens is 13. The van der Waals surface area contributed by atoms with Gasteiger partial charge in [0.15, 0.2) is 0 Å². The highest BCUT2D eigenvalue weighted by molar-refractivity contribution is 5.91. The number of rotatable bonds is 12. The number of fused-ring (bicyclic) bond motifs is 3. The van der Waals surface area contributed by atoms with E-state index in [0.29, 0.717) is 72.2 Å². The maximum atomic E-state index is 14.9. The Balaban J connectivity index is 0.00000961. The van der Waals surface area contributed by atoms with Crippen LogP contribution in [0.15, 0.2) is 109 Å². The second kappa shape index (κ2) is 21.6. The molecule has 416 valence electrons. The van der Waals surface area contributed by atoms with Crippen molar-refractivity contribution < 1.29 is 83.6 Å². The lowest BCUT2D eigenvalue weighted by Crippen LogP contribution is -3.00. The van der Waals surface area contributed by atoms with Gasteiger partial charge in [-0.1, -0.05) is 109 Å². The summed E-state index contributed by atoms with van der Waals surface area (Å²) >= 11 is 0. The van der Waals surface area contributed by atoms with E-state index in [1.54, 1.807) is 53.7 Å². The van der Waals surface area contributed by atoms with Gasteiger partial charge in [0.25, 0.3) is 0 Å². The van der Waals surface area contributed by atoms with Crippen molar-refractivity contribution in [2.24, 2.45) is 5.41 Å². The molecule has 6 aromatic rings. The maximum absolute atomic E-state index is 14.9. The van der Waals surface area contributed by atoms with Crippen molar-refractivity contribution in [1.82, 2.24) is 0 Å². The lowest BCUT2D eigenvalue weighted by Gasteiger charge is -2.49. The summed E-state index contributed by atoms with van der Waals surface area (Å²) in [7, 11) is 4.46. The van der Waals surface area contributed by atoms with Crippen LogP contribution < -0.4 is 26.5 Å². The van der Waals surface area contributed by atoms with E-state index < -0.39 is 80.4 Å². The van der Waals surface area contributed by atoms with Gasteiger partial charge in [-0.15, -0.1) is 0 Å². The lowest BCUT2D eigenvalue weighted by atomic mass is 9.72. The molecule has 0 N–H and O–H groups in total. The molecule has 0 amide bonds. The zero-order chi connectivity index (χ0) is 56.4. The Labute approximate surface area is 454 Å². The Morgan fingerprint density at radius 3 is 1.03 bits per heavy atom. The Kier molecular flexibility index (Phi) is 17.1. The molecular formula is C61H64BrF12NO2. The van der Waals surface area contributed by atoms with Crippen LogP contribution in [0.3, 0.4) is 0 Å². The minimum Gasteiger partial charge on any atom is -1.00 e. The van der Waals surface area contributed by atoms with Gasteiger partial charge in [0.05, 0.1) is 49.6 Å². The highest BCUT2D eigenvalue weighted by atomic mass is 79.9. The summed E-state index contributed by atoms with van der Waals surface area (Å²) in [4.78, 5) is 0. The monoisotopic (exact) mass is 1150 g/mol. The highest BCUT2D eigenvalue weighted by Crippen LogP contribution is 2.56. The van der Waals surface area contributed by atoms with Gasteiger partial charge < -0.3 is 30.9 Å². The minimum atomic E-state index is -5.24. The summed E-state index contributed by atoms with van der Waals surface area (Å²) < 4.78 is 191. The van der Waals surface area contributed by atoms with Crippen molar-refractivity contribution >= 4 is 0 Å². The number of quaternary nitrogens is 1. The Morgan fingerprint density at radius 1 is 0.468 bits per heavy atom. The molecule has 0 spiro atoms. The number of hydrogen-bond donors (Lipinski definition) is 0. The zero-order valence-corrected chi connectivity index (χ0v) is 46.5. The third-order valence-corrected chi connectivity index (χ3v) is 15.5. The van der Waals surface area contributed by atoms with E-state index in [0.717, 1.165) is 11.1 Å². The van der Waals surface area contributed by atoms with Crippen molar-refractivity contribution in [3.8, 4) is 44.9 Å². The average Bonchev–Trinajstić information content (AvgIpc) is 3.45. The van der Waals surface area contributed by atoms with Crippen LogP contribution in [0.5, 0.6) is 11.5 Å². The minimum absolute atomic E-state index is 0. The summed E-state index contributed by atoms with van der Waals surface area (Å²) in [6, 6.07) is 25.3. The largest absolute Gasteiger partial charge is 1.00 e. The van der Waals surface area contributed by atoms with E-state index in [9.17, 15) is 52.7 Å². The molecule has 0 saturated heterocycles. The zero-order valence-electron chi connectivity index (χ0n) is 44.9. The summed E-state index contributed by atoms with van der Waals surface area (Å²) in [6.07, 6.45) is -18.6. The number of ether oxygens (including phenoxy) is 2. The first-order valence-electron chi connectivity index (χ1n) is 25.0. The molecule has 0 fully saturated rings. The van der Waals surface area contributed by atoms with E-state index >= 15 is 0 Å². The summed E-state index contributed by atoms with van der Waals surface area (Å²) in [5.74, 6) is 0.0180. The second-order valence-corrected chi connectivity index (χ2v) is 22.9. The molecule has 7 rings (SSSR count). The molecule has 0 aromatic heterocycles. The highest BCUT2D eigenvalue weighted by Gasteiger charge is 2.48. The van der Waals surface area contributed by atoms with Crippen LogP contribution in [0.25, 0.3) is 33.4 Å². The number of methoxy groups -OCH3 is 2. The summed E-state index contributed by atoms with van der Waals surface area (Å²) in [6.45, 7) is 14.7. The fourth-order valence-corrected chi connectivity index (χ4v) is 11.1. The Morgan fingerprint density at radius 2 is 0.766 bits per heavy atom. The van der Waals surface area contributed by atoms with Crippen molar-refractivity contribution in [2.45, 2.75) is 136 Å². The SMILES string of the molecule is COc1c(C(C)(C)C)cc2c(c1-c1cc(C(F)(F)F)cc(C(F)(F)F)c1)C[N+](C)([C@@H](C)C(C)(CCc1ccccc1)CCc1ccccc1)Cc1c-2cc(C(C)(C)C)c(OC)c1-c1cc(C(F)(F)F)cc(C(F)(F)F)c1.[Br-]. The van der Waals surface area contributed by atoms with Gasteiger partial charge >= 0.3 is 24.7 Å². The molecule has 0 radical (unpaired) electrons. The van der Waals surface area contributed by atoms with Crippen LogP contribution in [0, 0.1) is 5.41 Å². The number of benzene rings is 6. The summed E-state index contributed by atoms with van der Waals surface area (Å²) in [5, 5.41) is 0. The van der Waals surface area contributed by atoms with E-state index in [-0.39, 0.29) is 80.4 Å². The standard InChI is InChI=1S/C61H64F12NO2.BrH/c1-36(57(8,24-22-37-18-14-12-15-19-37)25-23-38-20-16-13-17-21-38)74(9)34-47-45(32-49(55(2,3)4)53(75-10)51(47)39-26-41(58(62,63)64)30-42(27-39)59(65,66)67)46-33-50(56(5,6)7)54(76-11)52(48(46)35-74)40-28-43(60(68,69)70)31-44(29-40)61(71,72)73;/h12-21,26-33,36H,22-25,34-35H2,1-11H3;1H/q+1;/p-1/t36-;/m0./s1. The van der Waals surface area contributed by atoms with Gasteiger partial charge in [-0.3, -0.25) is 0 Å².